The molecule has 112 valence electrons. The number of hydrogen-bond donors (Lipinski definition) is 2. The van der Waals surface area contributed by atoms with Gasteiger partial charge in [-0.3, -0.25) is 0 Å². The smallest absolute Gasteiger partial charge is 0.241 e. The van der Waals surface area contributed by atoms with Gasteiger partial charge in [-0.15, -0.1) is 0 Å². The van der Waals surface area contributed by atoms with Crippen molar-refractivity contribution in [1.82, 2.24) is 4.98 Å². The molecule has 1 aromatic heterocycles. The van der Waals surface area contributed by atoms with Gasteiger partial charge in [0.25, 0.3) is 0 Å². The van der Waals surface area contributed by atoms with Gasteiger partial charge in [0, 0.05) is 18.0 Å². The summed E-state index contributed by atoms with van der Waals surface area (Å²) in [5.74, 6) is 1.22. The van der Waals surface area contributed by atoms with E-state index < -0.39 is 10.0 Å². The van der Waals surface area contributed by atoms with Crippen LogP contribution in [0.25, 0.3) is 0 Å². The first kappa shape index (κ1) is 15.1. The van der Waals surface area contributed by atoms with Crippen LogP contribution in [0.5, 0.6) is 11.5 Å². The summed E-state index contributed by atoms with van der Waals surface area (Å²) >= 11 is 0. The minimum atomic E-state index is -3.86. The van der Waals surface area contributed by atoms with E-state index in [-0.39, 0.29) is 10.7 Å². The van der Waals surface area contributed by atoms with E-state index in [1.807, 2.05) is 0 Å². The third kappa shape index (κ3) is 3.41. The SMILES string of the molecule is COc1ccc(Nc2ncccc2S(N)(=O)=O)cc1OC. The minimum Gasteiger partial charge on any atom is -0.493 e. The normalized spacial score (nSPS) is 11.0. The number of pyridine rings is 1. The Morgan fingerprint density at radius 1 is 1.14 bits per heavy atom. The highest BCUT2D eigenvalue weighted by atomic mass is 32.2. The number of rotatable bonds is 5. The molecule has 0 aliphatic rings. The highest BCUT2D eigenvalue weighted by Crippen LogP contribution is 2.31. The second-order valence-electron chi connectivity index (χ2n) is 4.09. The standard InChI is InChI=1S/C13H15N3O4S/c1-19-10-6-5-9(8-11(10)20-2)16-13-12(21(14,17)18)4-3-7-15-13/h3-8H,1-2H3,(H,15,16)(H2,14,17,18). The van der Waals surface area contributed by atoms with Gasteiger partial charge in [0.1, 0.15) is 4.90 Å². The Bertz CT molecular complexity index is 747. The molecule has 0 saturated heterocycles. The second-order valence-corrected chi connectivity index (χ2v) is 5.62. The summed E-state index contributed by atoms with van der Waals surface area (Å²) in [7, 11) is -0.820. The number of methoxy groups -OCH3 is 2. The zero-order valence-corrected chi connectivity index (χ0v) is 12.3. The Morgan fingerprint density at radius 2 is 1.86 bits per heavy atom. The summed E-state index contributed by atoms with van der Waals surface area (Å²) in [6.45, 7) is 0. The molecule has 0 unspecified atom stereocenters. The lowest BCUT2D eigenvalue weighted by atomic mass is 10.2. The van der Waals surface area contributed by atoms with Crippen molar-refractivity contribution in [2.75, 3.05) is 19.5 Å². The van der Waals surface area contributed by atoms with Crippen molar-refractivity contribution in [1.29, 1.82) is 0 Å². The molecule has 0 saturated carbocycles. The molecule has 1 aromatic carbocycles. The Hall–Kier alpha value is -2.32. The number of ether oxygens (including phenoxy) is 2. The van der Waals surface area contributed by atoms with Crippen LogP contribution < -0.4 is 19.9 Å². The molecule has 0 amide bonds. The van der Waals surface area contributed by atoms with Crippen molar-refractivity contribution in [3.63, 3.8) is 0 Å². The highest BCUT2D eigenvalue weighted by molar-refractivity contribution is 7.89. The van der Waals surface area contributed by atoms with E-state index in [4.69, 9.17) is 14.6 Å². The molecule has 21 heavy (non-hydrogen) atoms. The number of primary sulfonamides is 1. The fourth-order valence-electron chi connectivity index (χ4n) is 1.76. The molecular formula is C13H15N3O4S. The number of hydrogen-bond acceptors (Lipinski definition) is 6. The molecule has 8 heteroatoms. The summed E-state index contributed by atoms with van der Waals surface area (Å²) in [6.07, 6.45) is 1.47. The van der Waals surface area contributed by atoms with E-state index >= 15 is 0 Å². The number of nitrogens with zero attached hydrogens (tertiary/aromatic N) is 1. The maximum Gasteiger partial charge on any atom is 0.241 e. The van der Waals surface area contributed by atoms with Crippen molar-refractivity contribution in [2.45, 2.75) is 4.90 Å². The Balaban J connectivity index is 2.40. The fourth-order valence-corrected chi connectivity index (χ4v) is 2.41. The summed E-state index contributed by atoms with van der Waals surface area (Å²) in [6, 6.07) is 7.95. The number of nitrogens with one attached hydrogen (secondary N) is 1. The van der Waals surface area contributed by atoms with Crippen LogP contribution in [0.1, 0.15) is 0 Å². The number of sulfonamides is 1. The van der Waals surface area contributed by atoms with Gasteiger partial charge in [-0.05, 0) is 24.3 Å². The third-order valence-corrected chi connectivity index (χ3v) is 3.67. The summed E-state index contributed by atoms with van der Waals surface area (Å²) in [5, 5.41) is 8.06. The maximum atomic E-state index is 11.5. The largest absolute Gasteiger partial charge is 0.493 e. The van der Waals surface area contributed by atoms with E-state index in [2.05, 4.69) is 10.3 Å². The zero-order chi connectivity index (χ0) is 15.5. The molecule has 2 rings (SSSR count). The van der Waals surface area contributed by atoms with Crippen LogP contribution in [-0.4, -0.2) is 27.6 Å². The minimum absolute atomic E-state index is 0.0835. The van der Waals surface area contributed by atoms with Crippen LogP contribution in [0.15, 0.2) is 41.4 Å². The van der Waals surface area contributed by atoms with Crippen molar-refractivity contribution in [3.8, 4) is 11.5 Å². The first-order chi connectivity index (χ1) is 9.95. The molecule has 0 fully saturated rings. The average Bonchev–Trinajstić information content (AvgIpc) is 2.46. The van der Waals surface area contributed by atoms with E-state index in [9.17, 15) is 8.42 Å². The number of anilines is 2. The second kappa shape index (κ2) is 5.98. The average molecular weight is 309 g/mol. The lowest BCUT2D eigenvalue weighted by Gasteiger charge is -2.12. The van der Waals surface area contributed by atoms with Gasteiger partial charge in [0.2, 0.25) is 10.0 Å². The van der Waals surface area contributed by atoms with Crippen LogP contribution in [0.3, 0.4) is 0 Å². The van der Waals surface area contributed by atoms with Crippen LogP contribution in [0.2, 0.25) is 0 Å². The lowest BCUT2D eigenvalue weighted by Crippen LogP contribution is -2.14. The summed E-state index contributed by atoms with van der Waals surface area (Å²) < 4.78 is 33.4. The summed E-state index contributed by atoms with van der Waals surface area (Å²) in [4.78, 5) is 3.91. The molecule has 3 N–H and O–H groups in total. The molecule has 0 spiro atoms. The fraction of sp³-hybridized carbons (Fsp3) is 0.154. The van der Waals surface area contributed by atoms with Gasteiger partial charge < -0.3 is 14.8 Å². The Labute approximate surface area is 122 Å². The van der Waals surface area contributed by atoms with Crippen molar-refractivity contribution in [3.05, 3.63) is 36.5 Å². The quantitative estimate of drug-likeness (QED) is 0.867. The molecule has 0 atom stereocenters. The molecular weight excluding hydrogens is 294 g/mol. The summed E-state index contributed by atoms with van der Waals surface area (Å²) in [5.41, 5.74) is 0.594. The Morgan fingerprint density at radius 3 is 2.48 bits per heavy atom. The van der Waals surface area contributed by atoms with E-state index in [1.54, 1.807) is 18.2 Å². The molecule has 7 nitrogen and oxygen atoms in total. The van der Waals surface area contributed by atoms with E-state index in [0.717, 1.165) is 0 Å². The van der Waals surface area contributed by atoms with Gasteiger partial charge in [-0.1, -0.05) is 0 Å². The van der Waals surface area contributed by atoms with E-state index in [0.29, 0.717) is 17.2 Å². The topological polar surface area (TPSA) is 104 Å². The van der Waals surface area contributed by atoms with Crippen LogP contribution in [0.4, 0.5) is 11.5 Å². The predicted molar refractivity (Wildman–Crippen MR) is 78.4 cm³/mol. The van der Waals surface area contributed by atoms with Crippen molar-refractivity contribution < 1.29 is 17.9 Å². The molecule has 0 bridgehead atoms. The van der Waals surface area contributed by atoms with Gasteiger partial charge in [0.05, 0.1) is 14.2 Å². The van der Waals surface area contributed by atoms with Crippen LogP contribution in [0, 0.1) is 0 Å². The zero-order valence-electron chi connectivity index (χ0n) is 11.5. The van der Waals surface area contributed by atoms with Crippen molar-refractivity contribution >= 4 is 21.5 Å². The third-order valence-electron chi connectivity index (χ3n) is 2.72. The molecule has 0 radical (unpaired) electrons. The monoisotopic (exact) mass is 309 g/mol. The van der Waals surface area contributed by atoms with Gasteiger partial charge in [-0.25, -0.2) is 18.5 Å². The highest BCUT2D eigenvalue weighted by Gasteiger charge is 2.15. The molecule has 0 aliphatic heterocycles. The lowest BCUT2D eigenvalue weighted by molar-refractivity contribution is 0.355. The van der Waals surface area contributed by atoms with Gasteiger partial charge in [-0.2, -0.15) is 0 Å². The predicted octanol–water partition coefficient (Wildman–Crippen LogP) is 1.49. The van der Waals surface area contributed by atoms with Crippen LogP contribution in [-0.2, 0) is 10.0 Å². The van der Waals surface area contributed by atoms with E-state index in [1.165, 1.54) is 32.5 Å². The first-order valence-corrected chi connectivity index (χ1v) is 7.47. The Kier molecular flexibility index (Phi) is 4.29. The van der Waals surface area contributed by atoms with Gasteiger partial charge in [0.15, 0.2) is 17.3 Å². The van der Waals surface area contributed by atoms with Crippen LogP contribution >= 0.6 is 0 Å². The molecule has 0 aliphatic carbocycles. The van der Waals surface area contributed by atoms with Gasteiger partial charge >= 0.3 is 0 Å². The molecule has 2 aromatic rings. The number of nitrogens with two attached hydrogens (primary N) is 1. The van der Waals surface area contributed by atoms with Crippen molar-refractivity contribution in [2.24, 2.45) is 5.14 Å². The maximum absolute atomic E-state index is 11.5. The number of aromatic nitrogens is 1. The molecule has 1 heterocycles. The number of benzene rings is 1. The first-order valence-electron chi connectivity index (χ1n) is 5.92.